The van der Waals surface area contributed by atoms with Crippen LogP contribution < -0.4 is 5.32 Å². The summed E-state index contributed by atoms with van der Waals surface area (Å²) < 4.78 is 38.8. The molecule has 8 heteroatoms. The molecule has 3 rings (SSSR count). The Kier molecular flexibility index (Phi) is 6.95. The van der Waals surface area contributed by atoms with Crippen molar-refractivity contribution in [3.8, 4) is 11.3 Å². The lowest BCUT2D eigenvalue weighted by atomic mass is 9.81. The van der Waals surface area contributed by atoms with E-state index in [-0.39, 0.29) is 18.4 Å². The Balaban J connectivity index is 1.54. The largest absolute Gasteiger partial charge is 0.416 e. The number of benzene rings is 1. The van der Waals surface area contributed by atoms with Crippen molar-refractivity contribution >= 4 is 5.91 Å². The molecule has 0 spiro atoms. The van der Waals surface area contributed by atoms with Gasteiger partial charge in [-0.25, -0.2) is 4.98 Å². The van der Waals surface area contributed by atoms with Crippen molar-refractivity contribution in [2.75, 3.05) is 13.2 Å². The Labute approximate surface area is 167 Å². The van der Waals surface area contributed by atoms with Gasteiger partial charge in [0, 0.05) is 37.3 Å². The zero-order valence-electron chi connectivity index (χ0n) is 16.1. The lowest BCUT2D eigenvalue weighted by molar-refractivity contribution is -0.137. The molecule has 1 aromatic carbocycles. The van der Waals surface area contributed by atoms with E-state index in [1.54, 1.807) is 12.3 Å². The summed E-state index contributed by atoms with van der Waals surface area (Å²) in [4.78, 5) is 19.3. The number of aromatic nitrogens is 2. The normalized spacial score (nSPS) is 19.9. The first-order valence-electron chi connectivity index (χ1n) is 9.97. The minimum atomic E-state index is -4.37. The van der Waals surface area contributed by atoms with E-state index < -0.39 is 11.7 Å². The summed E-state index contributed by atoms with van der Waals surface area (Å²) >= 11 is 0. The van der Waals surface area contributed by atoms with Crippen LogP contribution >= 0.6 is 0 Å². The van der Waals surface area contributed by atoms with E-state index in [0.717, 1.165) is 43.6 Å². The van der Waals surface area contributed by atoms with Crippen LogP contribution in [0, 0.1) is 5.92 Å². The van der Waals surface area contributed by atoms with Crippen LogP contribution in [0.3, 0.4) is 0 Å². The van der Waals surface area contributed by atoms with Crippen molar-refractivity contribution in [2.45, 2.75) is 50.6 Å². The van der Waals surface area contributed by atoms with Crippen LogP contribution in [0.2, 0.25) is 0 Å². The Morgan fingerprint density at radius 1 is 1.24 bits per heavy atom. The quantitative estimate of drug-likeness (QED) is 0.640. The first-order valence-corrected chi connectivity index (χ1v) is 9.97. The van der Waals surface area contributed by atoms with Gasteiger partial charge < -0.3 is 15.4 Å². The van der Waals surface area contributed by atoms with E-state index >= 15 is 0 Å². The lowest BCUT2D eigenvalue weighted by Crippen LogP contribution is -2.31. The fraction of sp³-hybridized carbons (Fsp3) is 0.524. The molecule has 1 fully saturated rings. The molecule has 5 nitrogen and oxygen atoms in total. The second-order valence-electron chi connectivity index (χ2n) is 7.60. The topological polar surface area (TPSA) is 78.0 Å². The molecule has 0 saturated heterocycles. The number of imidazole rings is 1. The summed E-state index contributed by atoms with van der Waals surface area (Å²) in [6.45, 7) is 0.661. The molecule has 0 bridgehead atoms. The summed E-state index contributed by atoms with van der Waals surface area (Å²) in [6.07, 6.45) is 1.88. The Bertz CT molecular complexity index is 811. The number of hydrogen-bond donors (Lipinski definition) is 3. The molecule has 1 amide bonds. The third kappa shape index (κ3) is 5.82. The van der Waals surface area contributed by atoms with E-state index in [0.29, 0.717) is 36.6 Å². The van der Waals surface area contributed by atoms with Gasteiger partial charge in [0.05, 0.1) is 11.3 Å². The van der Waals surface area contributed by atoms with Crippen molar-refractivity contribution in [1.82, 2.24) is 15.3 Å². The smallest absolute Gasteiger partial charge is 0.396 e. The van der Waals surface area contributed by atoms with Gasteiger partial charge in [-0.1, -0.05) is 12.1 Å². The van der Waals surface area contributed by atoms with Crippen LogP contribution in [0.1, 0.15) is 55.8 Å². The van der Waals surface area contributed by atoms with Crippen LogP contribution in [0.15, 0.2) is 30.5 Å². The minimum absolute atomic E-state index is 0.0180. The number of aliphatic hydroxyl groups is 1. The van der Waals surface area contributed by atoms with Crippen molar-refractivity contribution in [2.24, 2.45) is 5.92 Å². The number of carbonyl (C=O) groups excluding carboxylic acids is 1. The number of carbonyl (C=O) groups is 1. The summed E-state index contributed by atoms with van der Waals surface area (Å²) in [6, 6.07) is 5.20. The van der Waals surface area contributed by atoms with Gasteiger partial charge in [0.1, 0.15) is 5.82 Å². The number of alkyl halides is 3. The summed E-state index contributed by atoms with van der Waals surface area (Å²) in [7, 11) is 0. The number of nitrogens with one attached hydrogen (secondary N) is 2. The molecule has 1 saturated carbocycles. The minimum Gasteiger partial charge on any atom is -0.396 e. The van der Waals surface area contributed by atoms with Crippen molar-refractivity contribution in [3.63, 3.8) is 0 Å². The third-order valence-corrected chi connectivity index (χ3v) is 5.47. The average Bonchev–Trinajstić information content (AvgIpc) is 3.21. The van der Waals surface area contributed by atoms with E-state index in [1.807, 2.05) is 0 Å². The van der Waals surface area contributed by atoms with Crippen molar-refractivity contribution in [3.05, 3.63) is 41.9 Å². The Morgan fingerprint density at radius 2 is 2.00 bits per heavy atom. The standard InChI is InChI=1S/C21H26F3N3O2/c22-21(23,24)17-4-1-3-16(11-17)18-13-26-20(27-18)15-8-6-14(7-9-15)12-25-19(29)5-2-10-28/h1,3-4,11,13-15,28H,2,5-10,12H2,(H,25,29)(H,26,27). The molecule has 1 aliphatic carbocycles. The first kappa shape index (κ1) is 21.4. The third-order valence-electron chi connectivity index (χ3n) is 5.47. The van der Waals surface area contributed by atoms with Crippen molar-refractivity contribution < 1.29 is 23.1 Å². The first-order chi connectivity index (χ1) is 13.9. The van der Waals surface area contributed by atoms with E-state index in [4.69, 9.17) is 5.11 Å². The fourth-order valence-electron chi connectivity index (χ4n) is 3.77. The molecule has 3 N–H and O–H groups in total. The molecule has 1 aliphatic rings. The molecule has 0 aliphatic heterocycles. The van der Waals surface area contributed by atoms with E-state index in [9.17, 15) is 18.0 Å². The number of rotatable bonds is 7. The van der Waals surface area contributed by atoms with Crippen LogP contribution in [-0.2, 0) is 11.0 Å². The molecule has 0 radical (unpaired) electrons. The second kappa shape index (κ2) is 9.43. The van der Waals surface area contributed by atoms with Crippen LogP contribution in [0.4, 0.5) is 13.2 Å². The maximum absolute atomic E-state index is 12.9. The summed E-state index contributed by atoms with van der Waals surface area (Å²) in [5.74, 6) is 1.44. The maximum Gasteiger partial charge on any atom is 0.416 e. The predicted octanol–water partition coefficient (Wildman–Crippen LogP) is 4.26. The number of halogens is 3. The predicted molar refractivity (Wildman–Crippen MR) is 103 cm³/mol. The fourth-order valence-corrected chi connectivity index (χ4v) is 3.77. The van der Waals surface area contributed by atoms with Gasteiger partial charge in [0.2, 0.25) is 5.91 Å². The van der Waals surface area contributed by atoms with Crippen molar-refractivity contribution in [1.29, 1.82) is 0 Å². The summed E-state index contributed by atoms with van der Waals surface area (Å²) in [5.41, 5.74) is 0.284. The average molecular weight is 409 g/mol. The molecular formula is C21H26F3N3O2. The molecule has 1 aromatic heterocycles. The molecule has 1 heterocycles. The second-order valence-corrected chi connectivity index (χ2v) is 7.60. The van der Waals surface area contributed by atoms with Gasteiger partial charge in [-0.05, 0) is 50.2 Å². The molecule has 0 atom stereocenters. The number of hydrogen-bond acceptors (Lipinski definition) is 3. The molecule has 158 valence electrons. The zero-order chi connectivity index (χ0) is 20.9. The summed E-state index contributed by atoms with van der Waals surface area (Å²) in [5, 5.41) is 11.7. The van der Waals surface area contributed by atoms with Gasteiger partial charge >= 0.3 is 6.18 Å². The zero-order valence-corrected chi connectivity index (χ0v) is 16.1. The van der Waals surface area contributed by atoms with E-state index in [1.165, 1.54) is 6.07 Å². The van der Waals surface area contributed by atoms with Gasteiger partial charge in [0.25, 0.3) is 0 Å². The number of amides is 1. The highest BCUT2D eigenvalue weighted by molar-refractivity contribution is 5.75. The van der Waals surface area contributed by atoms with E-state index in [2.05, 4.69) is 15.3 Å². The highest BCUT2D eigenvalue weighted by Crippen LogP contribution is 2.36. The van der Waals surface area contributed by atoms with Crippen LogP contribution in [0.25, 0.3) is 11.3 Å². The molecule has 0 unspecified atom stereocenters. The molecule has 29 heavy (non-hydrogen) atoms. The number of aliphatic hydroxyl groups excluding tert-OH is 1. The number of H-pyrrole nitrogens is 1. The Hall–Kier alpha value is -2.35. The number of nitrogens with zero attached hydrogens (tertiary/aromatic N) is 1. The SMILES string of the molecule is O=C(CCCO)NCC1CCC(c2nc(-c3cccc(C(F)(F)F)c3)c[nH]2)CC1. The van der Waals surface area contributed by atoms with Gasteiger partial charge in [-0.15, -0.1) is 0 Å². The van der Waals surface area contributed by atoms with Gasteiger partial charge in [-0.3, -0.25) is 4.79 Å². The van der Waals surface area contributed by atoms with Crippen LogP contribution in [0.5, 0.6) is 0 Å². The van der Waals surface area contributed by atoms with Gasteiger partial charge in [0.15, 0.2) is 0 Å². The Morgan fingerprint density at radius 3 is 2.69 bits per heavy atom. The number of aromatic amines is 1. The maximum atomic E-state index is 12.9. The highest BCUT2D eigenvalue weighted by atomic mass is 19.4. The molecule has 2 aromatic rings. The monoisotopic (exact) mass is 409 g/mol. The molecular weight excluding hydrogens is 383 g/mol. The lowest BCUT2D eigenvalue weighted by Gasteiger charge is -2.27. The van der Waals surface area contributed by atoms with Crippen LogP contribution in [-0.4, -0.2) is 34.1 Å². The highest BCUT2D eigenvalue weighted by Gasteiger charge is 2.31. The van der Waals surface area contributed by atoms with Gasteiger partial charge in [-0.2, -0.15) is 13.2 Å².